The quantitative estimate of drug-likeness (QED) is 0.619. The SMILES string of the molecule is CC(CN1CCOCC1)N(Cc1ccccc1)Cc1ccc(S(=O)(=O)N(C)C)o1. The Morgan fingerprint density at radius 1 is 1.03 bits per heavy atom. The van der Waals surface area contributed by atoms with Crippen LogP contribution >= 0.6 is 0 Å². The lowest BCUT2D eigenvalue weighted by molar-refractivity contribution is 0.0217. The maximum atomic E-state index is 12.3. The molecule has 160 valence electrons. The summed E-state index contributed by atoms with van der Waals surface area (Å²) in [6.07, 6.45) is 0. The molecule has 0 N–H and O–H groups in total. The molecule has 2 aromatic rings. The minimum Gasteiger partial charge on any atom is -0.447 e. The molecular weight excluding hydrogens is 390 g/mol. The van der Waals surface area contributed by atoms with Crippen molar-refractivity contribution < 1.29 is 17.6 Å². The van der Waals surface area contributed by atoms with Gasteiger partial charge >= 0.3 is 0 Å². The molecule has 1 aromatic carbocycles. The number of furan rings is 1. The molecule has 0 saturated carbocycles. The van der Waals surface area contributed by atoms with Gasteiger partial charge in [0.25, 0.3) is 10.0 Å². The van der Waals surface area contributed by atoms with Crippen molar-refractivity contribution in [2.45, 2.75) is 31.1 Å². The Balaban J connectivity index is 1.75. The molecule has 0 spiro atoms. The van der Waals surface area contributed by atoms with Crippen molar-refractivity contribution in [2.24, 2.45) is 0 Å². The maximum Gasteiger partial charge on any atom is 0.275 e. The van der Waals surface area contributed by atoms with Crippen molar-refractivity contribution in [2.75, 3.05) is 46.9 Å². The summed E-state index contributed by atoms with van der Waals surface area (Å²) in [5.41, 5.74) is 1.22. The lowest BCUT2D eigenvalue weighted by Gasteiger charge is -2.34. The lowest BCUT2D eigenvalue weighted by atomic mass is 10.1. The first-order chi connectivity index (χ1) is 13.9. The number of morpholine rings is 1. The second-order valence-corrected chi connectivity index (χ2v) is 9.74. The molecule has 1 aromatic heterocycles. The molecule has 0 bridgehead atoms. The molecule has 1 aliphatic rings. The third-order valence-corrected chi connectivity index (χ3v) is 6.90. The molecule has 3 rings (SSSR count). The van der Waals surface area contributed by atoms with E-state index in [0.717, 1.165) is 39.4 Å². The smallest absolute Gasteiger partial charge is 0.275 e. The Morgan fingerprint density at radius 2 is 1.72 bits per heavy atom. The topological polar surface area (TPSA) is 66.2 Å². The van der Waals surface area contributed by atoms with Crippen LogP contribution in [0.25, 0.3) is 0 Å². The number of ether oxygens (including phenoxy) is 1. The summed E-state index contributed by atoms with van der Waals surface area (Å²) >= 11 is 0. The van der Waals surface area contributed by atoms with Crippen LogP contribution < -0.4 is 0 Å². The van der Waals surface area contributed by atoms with E-state index >= 15 is 0 Å². The van der Waals surface area contributed by atoms with Crippen molar-refractivity contribution in [1.29, 1.82) is 0 Å². The molecule has 2 heterocycles. The van der Waals surface area contributed by atoms with Gasteiger partial charge in [0.05, 0.1) is 19.8 Å². The second kappa shape index (κ2) is 9.86. The fraction of sp³-hybridized carbons (Fsp3) is 0.524. The largest absolute Gasteiger partial charge is 0.447 e. The third-order valence-electron chi connectivity index (χ3n) is 5.21. The predicted octanol–water partition coefficient (Wildman–Crippen LogP) is 2.25. The molecule has 0 amide bonds. The zero-order valence-corrected chi connectivity index (χ0v) is 18.3. The Labute approximate surface area is 173 Å². The summed E-state index contributed by atoms with van der Waals surface area (Å²) in [5.74, 6) is 0.648. The number of hydrogen-bond acceptors (Lipinski definition) is 6. The Hall–Kier alpha value is -1.71. The third kappa shape index (κ3) is 5.90. The van der Waals surface area contributed by atoms with E-state index in [2.05, 4.69) is 28.9 Å². The molecule has 0 aliphatic carbocycles. The first-order valence-corrected chi connectivity index (χ1v) is 11.4. The van der Waals surface area contributed by atoms with Gasteiger partial charge in [-0.3, -0.25) is 9.80 Å². The molecule has 1 unspecified atom stereocenters. The molecule has 8 heteroatoms. The molecule has 1 saturated heterocycles. The fourth-order valence-electron chi connectivity index (χ4n) is 3.42. The highest BCUT2D eigenvalue weighted by Gasteiger charge is 2.24. The summed E-state index contributed by atoms with van der Waals surface area (Å²) < 4.78 is 37.0. The Kier molecular flexibility index (Phi) is 7.48. The molecule has 1 fully saturated rings. The van der Waals surface area contributed by atoms with E-state index in [1.807, 2.05) is 18.2 Å². The van der Waals surface area contributed by atoms with Gasteiger partial charge in [0.2, 0.25) is 5.09 Å². The zero-order valence-electron chi connectivity index (χ0n) is 17.5. The van der Waals surface area contributed by atoms with Crippen LogP contribution in [0.1, 0.15) is 18.2 Å². The molecule has 0 radical (unpaired) electrons. The van der Waals surface area contributed by atoms with E-state index in [0.29, 0.717) is 12.3 Å². The van der Waals surface area contributed by atoms with Crippen molar-refractivity contribution in [3.05, 3.63) is 53.8 Å². The van der Waals surface area contributed by atoms with Gasteiger partial charge in [0, 0.05) is 46.3 Å². The Morgan fingerprint density at radius 3 is 2.38 bits per heavy atom. The van der Waals surface area contributed by atoms with E-state index in [1.165, 1.54) is 30.0 Å². The van der Waals surface area contributed by atoms with Crippen LogP contribution in [-0.4, -0.2) is 75.5 Å². The standard InChI is InChI=1S/C21H31N3O4S/c1-18(15-23-11-13-27-14-12-23)24(16-19-7-5-4-6-8-19)17-20-9-10-21(28-20)29(25,26)22(2)3/h4-10,18H,11-17H2,1-3H3. The highest BCUT2D eigenvalue weighted by atomic mass is 32.2. The normalized spacial score (nSPS) is 17.1. The van der Waals surface area contributed by atoms with Crippen molar-refractivity contribution in [3.63, 3.8) is 0 Å². The van der Waals surface area contributed by atoms with Gasteiger partial charge in [-0.2, -0.15) is 0 Å². The van der Waals surface area contributed by atoms with Gasteiger partial charge in [-0.05, 0) is 24.6 Å². The van der Waals surface area contributed by atoms with Gasteiger partial charge in [0.1, 0.15) is 5.76 Å². The van der Waals surface area contributed by atoms with E-state index < -0.39 is 10.0 Å². The van der Waals surface area contributed by atoms with Crippen molar-refractivity contribution in [1.82, 2.24) is 14.1 Å². The van der Waals surface area contributed by atoms with Gasteiger partial charge < -0.3 is 9.15 Å². The van der Waals surface area contributed by atoms with Crippen LogP contribution in [0.15, 0.2) is 52.0 Å². The van der Waals surface area contributed by atoms with Crippen LogP contribution in [0.3, 0.4) is 0 Å². The first-order valence-electron chi connectivity index (χ1n) is 9.95. The highest BCUT2D eigenvalue weighted by Crippen LogP contribution is 2.20. The maximum absolute atomic E-state index is 12.3. The number of benzene rings is 1. The van der Waals surface area contributed by atoms with Gasteiger partial charge in [0.15, 0.2) is 0 Å². The lowest BCUT2D eigenvalue weighted by Crippen LogP contribution is -2.45. The Bertz CT molecular complexity index is 861. The summed E-state index contributed by atoms with van der Waals surface area (Å²) in [6, 6.07) is 13.9. The molecule has 1 aliphatic heterocycles. The van der Waals surface area contributed by atoms with E-state index in [9.17, 15) is 8.42 Å². The summed E-state index contributed by atoms with van der Waals surface area (Å²) in [4.78, 5) is 4.74. The number of hydrogen-bond donors (Lipinski definition) is 0. The van der Waals surface area contributed by atoms with Crippen LogP contribution in [0.5, 0.6) is 0 Å². The zero-order chi connectivity index (χ0) is 20.9. The number of sulfonamides is 1. The first kappa shape index (κ1) is 22.0. The van der Waals surface area contributed by atoms with E-state index in [-0.39, 0.29) is 11.1 Å². The van der Waals surface area contributed by atoms with E-state index in [1.54, 1.807) is 6.07 Å². The van der Waals surface area contributed by atoms with Crippen LogP contribution in [0.4, 0.5) is 0 Å². The minimum absolute atomic E-state index is 0.0157. The summed E-state index contributed by atoms with van der Waals surface area (Å²) in [5, 5.41) is -0.0157. The minimum atomic E-state index is -3.57. The molecular formula is C21H31N3O4S. The van der Waals surface area contributed by atoms with Gasteiger partial charge in [-0.25, -0.2) is 12.7 Å². The molecule has 1 atom stereocenters. The summed E-state index contributed by atoms with van der Waals surface area (Å²) in [6.45, 7) is 7.88. The summed E-state index contributed by atoms with van der Waals surface area (Å²) in [7, 11) is -0.560. The number of rotatable bonds is 9. The monoisotopic (exact) mass is 421 g/mol. The van der Waals surface area contributed by atoms with Gasteiger partial charge in [-0.1, -0.05) is 30.3 Å². The second-order valence-electron chi connectivity index (χ2n) is 7.66. The average Bonchev–Trinajstić information content (AvgIpc) is 3.18. The average molecular weight is 422 g/mol. The van der Waals surface area contributed by atoms with Crippen LogP contribution in [0.2, 0.25) is 0 Å². The van der Waals surface area contributed by atoms with Crippen molar-refractivity contribution >= 4 is 10.0 Å². The molecule has 7 nitrogen and oxygen atoms in total. The van der Waals surface area contributed by atoms with Gasteiger partial charge in [-0.15, -0.1) is 0 Å². The fourth-order valence-corrected chi connectivity index (χ4v) is 4.23. The predicted molar refractivity (Wildman–Crippen MR) is 112 cm³/mol. The molecule has 29 heavy (non-hydrogen) atoms. The van der Waals surface area contributed by atoms with E-state index in [4.69, 9.17) is 9.15 Å². The van der Waals surface area contributed by atoms with Crippen LogP contribution in [0, 0.1) is 0 Å². The highest BCUT2D eigenvalue weighted by molar-refractivity contribution is 7.88. The number of nitrogens with zero attached hydrogens (tertiary/aromatic N) is 3. The van der Waals surface area contributed by atoms with Crippen LogP contribution in [-0.2, 0) is 27.8 Å². The van der Waals surface area contributed by atoms with Crippen molar-refractivity contribution in [3.8, 4) is 0 Å².